The lowest BCUT2D eigenvalue weighted by Gasteiger charge is -2.16. The van der Waals surface area contributed by atoms with Crippen molar-refractivity contribution < 1.29 is 13.2 Å². The van der Waals surface area contributed by atoms with Gasteiger partial charge in [0, 0.05) is 27.8 Å². The van der Waals surface area contributed by atoms with E-state index in [4.69, 9.17) is 0 Å². The van der Waals surface area contributed by atoms with Crippen LogP contribution in [0.4, 0.5) is 18.9 Å². The van der Waals surface area contributed by atoms with Crippen molar-refractivity contribution in [3.63, 3.8) is 0 Å². The Labute approximate surface area is 143 Å². The molecular weight excluding hydrogens is 387 g/mol. The molecule has 5 nitrogen and oxygen atoms in total. The standard InChI is InChI=1S/C15H11BrF3N5/c1-8(9-5-20-14(21-6-9)15(17,18)19)23-13-7-22-24-12-3-2-10(16)4-11(12)13/h2-8H,1H3,(H,23,24). The van der Waals surface area contributed by atoms with Gasteiger partial charge in [-0.15, -0.1) is 0 Å². The third-order valence-electron chi connectivity index (χ3n) is 3.40. The molecule has 0 aliphatic rings. The van der Waals surface area contributed by atoms with Crippen molar-refractivity contribution in [1.29, 1.82) is 0 Å². The molecule has 2 aromatic heterocycles. The topological polar surface area (TPSA) is 63.6 Å². The van der Waals surface area contributed by atoms with Crippen molar-refractivity contribution in [2.75, 3.05) is 5.32 Å². The van der Waals surface area contributed by atoms with Crippen molar-refractivity contribution in [2.24, 2.45) is 0 Å². The fourth-order valence-electron chi connectivity index (χ4n) is 2.17. The van der Waals surface area contributed by atoms with Gasteiger partial charge in [0.2, 0.25) is 5.82 Å². The molecule has 9 heteroatoms. The van der Waals surface area contributed by atoms with Crippen LogP contribution in [0.2, 0.25) is 0 Å². The summed E-state index contributed by atoms with van der Waals surface area (Å²) >= 11 is 3.40. The average molecular weight is 398 g/mol. The molecular formula is C15H11BrF3N5. The molecule has 0 aliphatic carbocycles. The summed E-state index contributed by atoms with van der Waals surface area (Å²) in [5.74, 6) is -1.15. The van der Waals surface area contributed by atoms with Crippen molar-refractivity contribution in [1.82, 2.24) is 20.2 Å². The van der Waals surface area contributed by atoms with E-state index in [2.05, 4.69) is 41.4 Å². The Bertz CT molecular complexity index is 867. The van der Waals surface area contributed by atoms with Crippen molar-refractivity contribution in [3.05, 3.63) is 52.7 Å². The maximum Gasteiger partial charge on any atom is 0.451 e. The zero-order chi connectivity index (χ0) is 17.3. The van der Waals surface area contributed by atoms with Crippen LogP contribution in [0.3, 0.4) is 0 Å². The van der Waals surface area contributed by atoms with Crippen LogP contribution in [0.5, 0.6) is 0 Å². The van der Waals surface area contributed by atoms with Crippen LogP contribution >= 0.6 is 15.9 Å². The minimum Gasteiger partial charge on any atom is -0.377 e. The summed E-state index contributed by atoms with van der Waals surface area (Å²) in [4.78, 5) is 6.76. The number of hydrogen-bond acceptors (Lipinski definition) is 5. The quantitative estimate of drug-likeness (QED) is 0.710. The predicted molar refractivity (Wildman–Crippen MR) is 86.3 cm³/mol. The Morgan fingerprint density at radius 1 is 1.12 bits per heavy atom. The molecule has 0 amide bonds. The van der Waals surface area contributed by atoms with Crippen molar-refractivity contribution in [2.45, 2.75) is 19.1 Å². The summed E-state index contributed by atoms with van der Waals surface area (Å²) in [7, 11) is 0. The third kappa shape index (κ3) is 3.45. The number of benzene rings is 1. The maximum atomic E-state index is 12.5. The normalized spacial score (nSPS) is 13.0. The first-order valence-corrected chi connectivity index (χ1v) is 7.70. The van der Waals surface area contributed by atoms with Gasteiger partial charge in [-0.1, -0.05) is 15.9 Å². The molecule has 1 atom stereocenters. The van der Waals surface area contributed by atoms with Crippen LogP contribution in [0.25, 0.3) is 10.9 Å². The lowest BCUT2D eigenvalue weighted by atomic mass is 10.1. The summed E-state index contributed by atoms with van der Waals surface area (Å²) in [6.45, 7) is 1.80. The van der Waals surface area contributed by atoms with Gasteiger partial charge in [0.05, 0.1) is 23.4 Å². The molecule has 0 aliphatic heterocycles. The lowest BCUT2D eigenvalue weighted by Crippen LogP contribution is -2.13. The third-order valence-corrected chi connectivity index (χ3v) is 3.89. The first-order chi connectivity index (χ1) is 11.3. The fourth-order valence-corrected chi connectivity index (χ4v) is 2.53. The van der Waals surface area contributed by atoms with E-state index >= 15 is 0 Å². The highest BCUT2D eigenvalue weighted by molar-refractivity contribution is 9.10. The van der Waals surface area contributed by atoms with Crippen LogP contribution in [-0.4, -0.2) is 20.2 Å². The number of anilines is 1. The van der Waals surface area contributed by atoms with Crippen molar-refractivity contribution >= 4 is 32.5 Å². The van der Waals surface area contributed by atoms with Gasteiger partial charge in [0.1, 0.15) is 0 Å². The summed E-state index contributed by atoms with van der Waals surface area (Å²) in [6.07, 6.45) is -0.649. The summed E-state index contributed by atoms with van der Waals surface area (Å²) in [6, 6.07) is 5.26. The lowest BCUT2D eigenvalue weighted by molar-refractivity contribution is -0.145. The number of nitrogens with one attached hydrogen (secondary N) is 1. The van der Waals surface area contributed by atoms with Crippen LogP contribution in [-0.2, 0) is 6.18 Å². The Kier molecular flexibility index (Phi) is 4.35. The van der Waals surface area contributed by atoms with Crippen LogP contribution < -0.4 is 5.32 Å². The summed E-state index contributed by atoms with van der Waals surface area (Å²) < 4.78 is 38.4. The second-order valence-corrected chi connectivity index (χ2v) is 6.04. The minimum atomic E-state index is -4.55. The Balaban J connectivity index is 1.87. The fraction of sp³-hybridized carbons (Fsp3) is 0.200. The van der Waals surface area contributed by atoms with E-state index < -0.39 is 12.0 Å². The van der Waals surface area contributed by atoms with E-state index in [1.54, 1.807) is 13.1 Å². The largest absolute Gasteiger partial charge is 0.451 e. The van der Waals surface area contributed by atoms with Gasteiger partial charge in [0.15, 0.2) is 0 Å². The molecule has 2 heterocycles. The molecule has 124 valence electrons. The zero-order valence-corrected chi connectivity index (χ0v) is 13.9. The highest BCUT2D eigenvalue weighted by Crippen LogP contribution is 2.29. The second kappa shape index (κ2) is 6.31. The first-order valence-electron chi connectivity index (χ1n) is 6.91. The predicted octanol–water partition coefficient (Wildman–Crippen LogP) is 4.37. The van der Waals surface area contributed by atoms with Crippen molar-refractivity contribution in [3.8, 4) is 0 Å². The van der Waals surface area contributed by atoms with Crippen LogP contribution in [0.1, 0.15) is 24.4 Å². The first kappa shape index (κ1) is 16.6. The average Bonchev–Trinajstić information content (AvgIpc) is 2.54. The Morgan fingerprint density at radius 2 is 1.83 bits per heavy atom. The second-order valence-electron chi connectivity index (χ2n) is 5.12. The highest BCUT2D eigenvalue weighted by Gasteiger charge is 2.34. The van der Waals surface area contributed by atoms with Gasteiger partial charge >= 0.3 is 6.18 Å². The van der Waals surface area contributed by atoms with Gasteiger partial charge < -0.3 is 5.32 Å². The van der Waals surface area contributed by atoms with E-state index in [1.807, 2.05) is 18.2 Å². The number of fused-ring (bicyclic) bond motifs is 1. The summed E-state index contributed by atoms with van der Waals surface area (Å²) in [5, 5.41) is 12.0. The van der Waals surface area contributed by atoms with E-state index in [1.165, 1.54) is 12.4 Å². The molecule has 1 unspecified atom stereocenters. The Morgan fingerprint density at radius 3 is 2.50 bits per heavy atom. The maximum absolute atomic E-state index is 12.5. The van der Waals surface area contributed by atoms with Gasteiger partial charge in [0.25, 0.3) is 0 Å². The highest BCUT2D eigenvalue weighted by atomic mass is 79.9. The smallest absolute Gasteiger partial charge is 0.377 e. The van der Waals surface area contributed by atoms with Gasteiger partial charge in [-0.3, -0.25) is 0 Å². The zero-order valence-electron chi connectivity index (χ0n) is 12.3. The molecule has 3 rings (SSSR count). The van der Waals surface area contributed by atoms with E-state index in [9.17, 15) is 13.2 Å². The molecule has 0 saturated heterocycles. The number of halogens is 4. The van der Waals surface area contributed by atoms with E-state index in [0.29, 0.717) is 16.8 Å². The van der Waals surface area contributed by atoms with Gasteiger partial charge in [-0.25, -0.2) is 9.97 Å². The molecule has 24 heavy (non-hydrogen) atoms. The SMILES string of the molecule is CC(Nc1cnnc2ccc(Br)cc12)c1cnc(C(F)(F)F)nc1. The minimum absolute atomic E-state index is 0.307. The number of rotatable bonds is 3. The van der Waals surface area contributed by atoms with Crippen LogP contribution in [0, 0.1) is 0 Å². The van der Waals surface area contributed by atoms with E-state index in [-0.39, 0.29) is 6.04 Å². The number of nitrogens with zero attached hydrogens (tertiary/aromatic N) is 4. The molecule has 1 aromatic carbocycles. The molecule has 1 N–H and O–H groups in total. The molecule has 0 saturated carbocycles. The molecule has 3 aromatic rings. The molecule has 0 fully saturated rings. The number of alkyl halides is 3. The van der Waals surface area contributed by atoms with Crippen LogP contribution in [0.15, 0.2) is 41.3 Å². The van der Waals surface area contributed by atoms with Gasteiger partial charge in [-0.2, -0.15) is 23.4 Å². The number of hydrogen-bond donors (Lipinski definition) is 1. The molecule has 0 bridgehead atoms. The monoisotopic (exact) mass is 397 g/mol. The molecule has 0 spiro atoms. The molecule has 0 radical (unpaired) electrons. The van der Waals surface area contributed by atoms with E-state index in [0.717, 1.165) is 9.86 Å². The summed E-state index contributed by atoms with van der Waals surface area (Å²) in [5.41, 5.74) is 1.95. The number of aromatic nitrogens is 4. The Hall–Kier alpha value is -2.29. The van der Waals surface area contributed by atoms with Gasteiger partial charge in [-0.05, 0) is 25.1 Å².